The van der Waals surface area contributed by atoms with Gasteiger partial charge in [0.2, 0.25) is 0 Å². The lowest BCUT2D eigenvalue weighted by Gasteiger charge is -2.24. The molecule has 7 heteroatoms. The van der Waals surface area contributed by atoms with Crippen LogP contribution in [-0.4, -0.2) is 32.3 Å². The molecule has 2 aromatic heterocycles. The number of rotatable bonds is 5. The zero-order valence-electron chi connectivity index (χ0n) is 13.3. The lowest BCUT2D eigenvalue weighted by atomic mass is 10.1. The van der Waals surface area contributed by atoms with E-state index < -0.39 is 0 Å². The Hall–Kier alpha value is -2.02. The highest BCUT2D eigenvalue weighted by molar-refractivity contribution is 9.10. The van der Waals surface area contributed by atoms with E-state index in [-0.39, 0.29) is 5.82 Å². The summed E-state index contributed by atoms with van der Waals surface area (Å²) >= 11 is 3.52. The summed E-state index contributed by atoms with van der Waals surface area (Å²) in [5, 5.41) is 5.33. The minimum Gasteiger partial charge on any atom is -0.353 e. The first kappa shape index (κ1) is 15.5. The van der Waals surface area contributed by atoms with Crippen LogP contribution >= 0.6 is 15.9 Å². The molecular formula is C17H17BrFN5. The summed E-state index contributed by atoms with van der Waals surface area (Å²) in [7, 11) is 1.87. The van der Waals surface area contributed by atoms with Crippen LogP contribution in [0.1, 0.15) is 18.4 Å². The number of hydrogen-bond donors (Lipinski definition) is 0. The van der Waals surface area contributed by atoms with Crippen LogP contribution in [-0.2, 0) is 13.5 Å². The molecule has 1 fully saturated rings. The first-order valence-electron chi connectivity index (χ1n) is 7.98. The van der Waals surface area contributed by atoms with Crippen LogP contribution in [0.15, 0.2) is 35.2 Å². The number of nitrogens with zero attached hydrogens (tertiary/aromatic N) is 5. The van der Waals surface area contributed by atoms with Crippen molar-refractivity contribution in [1.29, 1.82) is 0 Å². The van der Waals surface area contributed by atoms with E-state index in [4.69, 9.17) is 0 Å². The van der Waals surface area contributed by atoms with Crippen LogP contribution in [0.5, 0.6) is 0 Å². The molecule has 0 bridgehead atoms. The highest BCUT2D eigenvalue weighted by atomic mass is 79.9. The van der Waals surface area contributed by atoms with Crippen LogP contribution in [0.3, 0.4) is 0 Å². The first-order chi connectivity index (χ1) is 11.6. The molecule has 1 saturated carbocycles. The maximum atomic E-state index is 13.4. The number of hydrogen-bond acceptors (Lipinski definition) is 4. The fourth-order valence-corrected chi connectivity index (χ4v) is 3.63. The zero-order valence-corrected chi connectivity index (χ0v) is 14.9. The number of fused-ring (bicyclic) bond motifs is 1. The third-order valence-electron chi connectivity index (χ3n) is 4.35. The Bertz CT molecular complexity index is 890. The van der Waals surface area contributed by atoms with Crippen LogP contribution in [0.2, 0.25) is 0 Å². The van der Waals surface area contributed by atoms with E-state index in [1.54, 1.807) is 23.1 Å². The Morgan fingerprint density at radius 2 is 2.17 bits per heavy atom. The lowest BCUT2D eigenvalue weighted by molar-refractivity contribution is 0.624. The van der Waals surface area contributed by atoms with Crippen molar-refractivity contribution in [3.8, 4) is 0 Å². The van der Waals surface area contributed by atoms with Crippen LogP contribution < -0.4 is 4.90 Å². The van der Waals surface area contributed by atoms with Crippen LogP contribution in [0.25, 0.3) is 11.0 Å². The minimum atomic E-state index is -0.190. The van der Waals surface area contributed by atoms with Gasteiger partial charge in [0.25, 0.3) is 0 Å². The van der Waals surface area contributed by atoms with Crippen molar-refractivity contribution in [2.75, 3.05) is 11.4 Å². The highest BCUT2D eigenvalue weighted by Crippen LogP contribution is 2.36. The number of aromatic nitrogens is 4. The predicted molar refractivity (Wildman–Crippen MR) is 94.5 cm³/mol. The average Bonchev–Trinajstić information content (AvgIpc) is 3.35. The molecule has 0 N–H and O–H groups in total. The summed E-state index contributed by atoms with van der Waals surface area (Å²) in [5.41, 5.74) is 1.81. The van der Waals surface area contributed by atoms with Gasteiger partial charge in [-0.1, -0.05) is 12.1 Å². The van der Waals surface area contributed by atoms with E-state index in [0.29, 0.717) is 6.04 Å². The molecule has 1 aliphatic rings. The molecule has 3 aromatic rings. The molecule has 0 spiro atoms. The van der Waals surface area contributed by atoms with Gasteiger partial charge in [0.15, 0.2) is 5.65 Å². The number of anilines is 1. The first-order valence-corrected chi connectivity index (χ1v) is 8.77. The molecule has 0 aliphatic heterocycles. The Morgan fingerprint density at radius 1 is 1.33 bits per heavy atom. The molecule has 0 unspecified atom stereocenters. The fourth-order valence-electron chi connectivity index (χ4n) is 3.03. The predicted octanol–water partition coefficient (Wildman–Crippen LogP) is 3.48. The second-order valence-electron chi connectivity index (χ2n) is 6.11. The maximum Gasteiger partial charge on any atom is 0.164 e. The molecule has 0 atom stereocenters. The molecular weight excluding hydrogens is 373 g/mol. The van der Waals surface area contributed by atoms with Crippen molar-refractivity contribution < 1.29 is 4.39 Å². The largest absolute Gasteiger partial charge is 0.353 e. The molecule has 1 aromatic carbocycles. The smallest absolute Gasteiger partial charge is 0.164 e. The Morgan fingerprint density at radius 3 is 2.92 bits per heavy atom. The van der Waals surface area contributed by atoms with Gasteiger partial charge in [0.1, 0.15) is 22.6 Å². The van der Waals surface area contributed by atoms with Crippen molar-refractivity contribution >= 4 is 32.8 Å². The third kappa shape index (κ3) is 2.88. The van der Waals surface area contributed by atoms with Gasteiger partial charge >= 0.3 is 0 Å². The topological polar surface area (TPSA) is 46.8 Å². The van der Waals surface area contributed by atoms with Gasteiger partial charge in [-0.3, -0.25) is 0 Å². The molecule has 0 radical (unpaired) electrons. The lowest BCUT2D eigenvalue weighted by Crippen LogP contribution is -2.29. The van der Waals surface area contributed by atoms with Gasteiger partial charge in [-0.2, -0.15) is 5.10 Å². The quantitative estimate of drug-likeness (QED) is 0.670. The normalized spacial score (nSPS) is 14.3. The van der Waals surface area contributed by atoms with Crippen LogP contribution in [0.4, 0.5) is 10.2 Å². The van der Waals surface area contributed by atoms with Crippen molar-refractivity contribution in [3.63, 3.8) is 0 Å². The Kier molecular flexibility index (Phi) is 3.96. The Balaban J connectivity index is 1.67. The summed E-state index contributed by atoms with van der Waals surface area (Å²) in [6.45, 7) is 0.793. The monoisotopic (exact) mass is 389 g/mol. The molecule has 2 heterocycles. The number of aryl methyl sites for hydroxylation is 1. The van der Waals surface area contributed by atoms with E-state index in [2.05, 4.69) is 35.9 Å². The van der Waals surface area contributed by atoms with Crippen molar-refractivity contribution in [3.05, 3.63) is 46.6 Å². The van der Waals surface area contributed by atoms with E-state index in [9.17, 15) is 4.39 Å². The van der Waals surface area contributed by atoms with Gasteiger partial charge in [0.05, 0.1) is 5.39 Å². The van der Waals surface area contributed by atoms with Crippen molar-refractivity contribution in [1.82, 2.24) is 19.7 Å². The molecule has 24 heavy (non-hydrogen) atoms. The SMILES string of the molecule is Cn1nc(Br)c2c(N(CCc3cccc(F)c3)C3CC3)ncnc21. The molecule has 1 aliphatic carbocycles. The van der Waals surface area contributed by atoms with Gasteiger partial charge in [-0.15, -0.1) is 0 Å². The number of benzene rings is 1. The summed E-state index contributed by atoms with van der Waals surface area (Å²) in [5.74, 6) is 0.712. The standard InChI is InChI=1S/C17H17BrFN5/c1-23-16-14(15(18)22-23)17(21-10-20-16)24(13-5-6-13)8-7-11-3-2-4-12(19)9-11/h2-4,9-10,13H,5-8H2,1H3. The van der Waals surface area contributed by atoms with Gasteiger partial charge in [-0.05, 0) is 52.9 Å². The minimum absolute atomic E-state index is 0.190. The summed E-state index contributed by atoms with van der Waals surface area (Å²) < 4.78 is 15.9. The van der Waals surface area contributed by atoms with Gasteiger partial charge < -0.3 is 4.90 Å². The maximum absolute atomic E-state index is 13.4. The molecule has 0 amide bonds. The van der Waals surface area contributed by atoms with Gasteiger partial charge in [-0.25, -0.2) is 19.0 Å². The van der Waals surface area contributed by atoms with Gasteiger partial charge in [0, 0.05) is 19.6 Å². The van der Waals surface area contributed by atoms with E-state index >= 15 is 0 Å². The van der Waals surface area contributed by atoms with Crippen molar-refractivity contribution in [2.45, 2.75) is 25.3 Å². The second-order valence-corrected chi connectivity index (χ2v) is 6.87. The average molecular weight is 390 g/mol. The molecule has 4 rings (SSSR count). The van der Waals surface area contributed by atoms with Crippen LogP contribution in [0, 0.1) is 5.82 Å². The van der Waals surface area contributed by atoms with E-state index in [1.165, 1.54) is 6.07 Å². The third-order valence-corrected chi connectivity index (χ3v) is 4.90. The van der Waals surface area contributed by atoms with E-state index in [1.807, 2.05) is 13.1 Å². The zero-order chi connectivity index (χ0) is 16.7. The molecule has 124 valence electrons. The van der Waals surface area contributed by atoms with Crippen molar-refractivity contribution in [2.24, 2.45) is 7.05 Å². The van der Waals surface area contributed by atoms with E-state index in [0.717, 1.165) is 52.8 Å². The summed E-state index contributed by atoms with van der Waals surface area (Å²) in [6.07, 6.45) is 4.68. The molecule has 0 saturated heterocycles. The highest BCUT2D eigenvalue weighted by Gasteiger charge is 2.32. The Labute approximate surface area is 147 Å². The fraction of sp³-hybridized carbons (Fsp3) is 0.353. The summed E-state index contributed by atoms with van der Waals surface area (Å²) in [6, 6.07) is 7.28. The molecule has 5 nitrogen and oxygen atoms in total. The summed E-state index contributed by atoms with van der Waals surface area (Å²) in [4.78, 5) is 11.2. The second kappa shape index (κ2) is 6.12. The number of halogens is 2.